The van der Waals surface area contributed by atoms with E-state index in [4.69, 9.17) is 0 Å². The fourth-order valence-electron chi connectivity index (χ4n) is 2.95. The van der Waals surface area contributed by atoms with Crippen molar-refractivity contribution in [2.45, 2.75) is 32.4 Å². The standard InChI is InChI=1S/C18H21N3O/c1-14-7-5-11-17(19-14)20-18(22)16-10-6-12-21(16)13-15-8-3-2-4-9-15/h2-5,7-9,11,16H,6,10,12-13H2,1H3,(H,19,20,22)/t16-/m1/s1. The fraction of sp³-hybridized carbons (Fsp3) is 0.333. The summed E-state index contributed by atoms with van der Waals surface area (Å²) >= 11 is 0. The number of hydrogen-bond acceptors (Lipinski definition) is 3. The Hall–Kier alpha value is -2.20. The number of nitrogens with zero attached hydrogens (tertiary/aromatic N) is 2. The second-order valence-electron chi connectivity index (χ2n) is 5.77. The molecule has 0 saturated carbocycles. The number of rotatable bonds is 4. The van der Waals surface area contributed by atoms with E-state index in [2.05, 4.69) is 27.3 Å². The van der Waals surface area contributed by atoms with E-state index in [1.54, 1.807) is 0 Å². The Labute approximate surface area is 131 Å². The molecular formula is C18H21N3O. The molecule has 0 radical (unpaired) electrons. The zero-order valence-corrected chi connectivity index (χ0v) is 12.8. The molecule has 2 aromatic rings. The third-order valence-corrected chi connectivity index (χ3v) is 4.03. The van der Waals surface area contributed by atoms with Gasteiger partial charge in [0.15, 0.2) is 0 Å². The first-order chi connectivity index (χ1) is 10.7. The van der Waals surface area contributed by atoms with E-state index in [0.29, 0.717) is 5.82 Å². The smallest absolute Gasteiger partial charge is 0.242 e. The first-order valence-corrected chi connectivity index (χ1v) is 7.75. The van der Waals surface area contributed by atoms with E-state index in [-0.39, 0.29) is 11.9 Å². The van der Waals surface area contributed by atoms with E-state index in [0.717, 1.165) is 31.6 Å². The molecular weight excluding hydrogens is 274 g/mol. The monoisotopic (exact) mass is 295 g/mol. The van der Waals surface area contributed by atoms with Gasteiger partial charge >= 0.3 is 0 Å². The number of aryl methyl sites for hydroxylation is 1. The van der Waals surface area contributed by atoms with Gasteiger partial charge in [0, 0.05) is 12.2 Å². The van der Waals surface area contributed by atoms with Gasteiger partial charge in [0.25, 0.3) is 0 Å². The van der Waals surface area contributed by atoms with Crippen LogP contribution in [0.2, 0.25) is 0 Å². The molecule has 2 heterocycles. The van der Waals surface area contributed by atoms with Crippen molar-refractivity contribution >= 4 is 11.7 Å². The lowest BCUT2D eigenvalue weighted by molar-refractivity contribution is -0.120. The molecule has 114 valence electrons. The van der Waals surface area contributed by atoms with Crippen LogP contribution in [0.4, 0.5) is 5.82 Å². The lowest BCUT2D eigenvalue weighted by Gasteiger charge is -2.23. The lowest BCUT2D eigenvalue weighted by atomic mass is 10.1. The molecule has 0 spiro atoms. The number of aromatic nitrogens is 1. The third kappa shape index (κ3) is 3.52. The average Bonchev–Trinajstić information content (AvgIpc) is 2.96. The number of likely N-dealkylation sites (tertiary alicyclic amines) is 1. The molecule has 0 unspecified atom stereocenters. The van der Waals surface area contributed by atoms with E-state index >= 15 is 0 Å². The topological polar surface area (TPSA) is 45.2 Å². The third-order valence-electron chi connectivity index (χ3n) is 4.03. The molecule has 1 aliphatic rings. The van der Waals surface area contributed by atoms with Crippen molar-refractivity contribution in [3.05, 3.63) is 59.8 Å². The molecule has 4 nitrogen and oxygen atoms in total. The quantitative estimate of drug-likeness (QED) is 0.943. The van der Waals surface area contributed by atoms with Crippen molar-refractivity contribution in [2.24, 2.45) is 0 Å². The van der Waals surface area contributed by atoms with Crippen LogP contribution in [0.1, 0.15) is 24.1 Å². The minimum Gasteiger partial charge on any atom is -0.309 e. The summed E-state index contributed by atoms with van der Waals surface area (Å²) in [6.07, 6.45) is 1.97. The second kappa shape index (κ2) is 6.71. The summed E-state index contributed by atoms with van der Waals surface area (Å²) in [6, 6.07) is 15.9. The van der Waals surface area contributed by atoms with Gasteiger partial charge < -0.3 is 5.32 Å². The van der Waals surface area contributed by atoms with Gasteiger partial charge in [-0.05, 0) is 44.0 Å². The van der Waals surface area contributed by atoms with Crippen LogP contribution in [0.25, 0.3) is 0 Å². The second-order valence-corrected chi connectivity index (χ2v) is 5.77. The van der Waals surface area contributed by atoms with Crippen LogP contribution >= 0.6 is 0 Å². The van der Waals surface area contributed by atoms with E-state index in [1.807, 2.05) is 43.3 Å². The maximum Gasteiger partial charge on any atom is 0.242 e. The van der Waals surface area contributed by atoms with Gasteiger partial charge in [-0.25, -0.2) is 4.98 Å². The molecule has 3 rings (SSSR count). The van der Waals surface area contributed by atoms with Crippen molar-refractivity contribution < 1.29 is 4.79 Å². The van der Waals surface area contributed by atoms with Crippen molar-refractivity contribution in [3.63, 3.8) is 0 Å². The molecule has 1 aromatic carbocycles. The summed E-state index contributed by atoms with van der Waals surface area (Å²) in [5.74, 6) is 0.683. The van der Waals surface area contributed by atoms with Crippen LogP contribution in [-0.2, 0) is 11.3 Å². The Morgan fingerprint density at radius 2 is 2.05 bits per heavy atom. The minimum atomic E-state index is -0.0671. The Balaban J connectivity index is 1.66. The molecule has 1 fully saturated rings. The molecule has 4 heteroatoms. The number of hydrogen-bond donors (Lipinski definition) is 1. The van der Waals surface area contributed by atoms with Crippen LogP contribution in [0, 0.1) is 6.92 Å². The fourth-order valence-corrected chi connectivity index (χ4v) is 2.95. The van der Waals surface area contributed by atoms with Crippen molar-refractivity contribution in [1.29, 1.82) is 0 Å². The highest BCUT2D eigenvalue weighted by atomic mass is 16.2. The first-order valence-electron chi connectivity index (χ1n) is 7.75. The van der Waals surface area contributed by atoms with Gasteiger partial charge in [0.1, 0.15) is 5.82 Å². The SMILES string of the molecule is Cc1cccc(NC(=O)[C@H]2CCCN2Cc2ccccc2)n1. The summed E-state index contributed by atoms with van der Waals surface area (Å²) < 4.78 is 0. The predicted molar refractivity (Wildman–Crippen MR) is 87.5 cm³/mol. The number of carbonyl (C=O) groups excluding carboxylic acids is 1. The molecule has 1 aromatic heterocycles. The van der Waals surface area contributed by atoms with Crippen molar-refractivity contribution in [2.75, 3.05) is 11.9 Å². The van der Waals surface area contributed by atoms with E-state index < -0.39 is 0 Å². The molecule has 22 heavy (non-hydrogen) atoms. The van der Waals surface area contributed by atoms with Gasteiger partial charge in [0.2, 0.25) is 5.91 Å². The Bertz CT molecular complexity index is 642. The number of anilines is 1. The Kier molecular flexibility index (Phi) is 4.49. The van der Waals surface area contributed by atoms with Crippen LogP contribution in [0.15, 0.2) is 48.5 Å². The molecule has 1 N–H and O–H groups in total. The van der Waals surface area contributed by atoms with E-state index in [1.165, 1.54) is 5.56 Å². The zero-order valence-electron chi connectivity index (χ0n) is 12.8. The van der Waals surface area contributed by atoms with E-state index in [9.17, 15) is 4.79 Å². The maximum absolute atomic E-state index is 12.5. The lowest BCUT2D eigenvalue weighted by Crippen LogP contribution is -2.39. The van der Waals surface area contributed by atoms with Crippen molar-refractivity contribution in [1.82, 2.24) is 9.88 Å². The van der Waals surface area contributed by atoms with Crippen LogP contribution < -0.4 is 5.32 Å². The summed E-state index contributed by atoms with van der Waals surface area (Å²) in [6.45, 7) is 3.71. The number of amides is 1. The van der Waals surface area contributed by atoms with Gasteiger partial charge in [-0.2, -0.15) is 0 Å². The number of pyridine rings is 1. The molecule has 1 aliphatic heterocycles. The maximum atomic E-state index is 12.5. The number of nitrogens with one attached hydrogen (secondary N) is 1. The van der Waals surface area contributed by atoms with Crippen LogP contribution in [-0.4, -0.2) is 28.4 Å². The van der Waals surface area contributed by atoms with Gasteiger partial charge in [-0.3, -0.25) is 9.69 Å². The Morgan fingerprint density at radius 3 is 2.82 bits per heavy atom. The highest BCUT2D eigenvalue weighted by Crippen LogP contribution is 2.21. The highest BCUT2D eigenvalue weighted by molar-refractivity contribution is 5.94. The molecule has 1 saturated heterocycles. The number of carbonyl (C=O) groups is 1. The van der Waals surface area contributed by atoms with Gasteiger partial charge in [0.05, 0.1) is 6.04 Å². The summed E-state index contributed by atoms with van der Waals surface area (Å²) in [4.78, 5) is 19.1. The predicted octanol–water partition coefficient (Wildman–Crippen LogP) is 2.99. The molecule has 0 aliphatic carbocycles. The van der Waals surface area contributed by atoms with Crippen molar-refractivity contribution in [3.8, 4) is 0 Å². The average molecular weight is 295 g/mol. The molecule has 1 atom stereocenters. The summed E-state index contributed by atoms with van der Waals surface area (Å²) in [5, 5.41) is 2.95. The first kappa shape index (κ1) is 14.7. The largest absolute Gasteiger partial charge is 0.309 e. The summed E-state index contributed by atoms with van der Waals surface area (Å²) in [7, 11) is 0. The van der Waals surface area contributed by atoms with Gasteiger partial charge in [-0.1, -0.05) is 36.4 Å². The highest BCUT2D eigenvalue weighted by Gasteiger charge is 2.30. The van der Waals surface area contributed by atoms with Crippen LogP contribution in [0.3, 0.4) is 0 Å². The summed E-state index contributed by atoms with van der Waals surface area (Å²) in [5.41, 5.74) is 2.15. The van der Waals surface area contributed by atoms with Crippen LogP contribution in [0.5, 0.6) is 0 Å². The zero-order chi connectivity index (χ0) is 15.4. The number of benzene rings is 1. The minimum absolute atomic E-state index is 0.0477. The normalized spacial score (nSPS) is 18.3. The molecule has 0 bridgehead atoms. The molecule has 1 amide bonds. The Morgan fingerprint density at radius 1 is 1.23 bits per heavy atom. The van der Waals surface area contributed by atoms with Gasteiger partial charge in [-0.15, -0.1) is 0 Å².